The van der Waals surface area contributed by atoms with E-state index in [-0.39, 0.29) is 6.04 Å². The fraction of sp³-hybridized carbons (Fsp3) is 0.333. The van der Waals surface area contributed by atoms with Gasteiger partial charge in [0.05, 0.1) is 14.2 Å². The summed E-state index contributed by atoms with van der Waals surface area (Å²) in [5.74, 6) is 1.79. The lowest BCUT2D eigenvalue weighted by molar-refractivity contribution is 0.126. The molecule has 0 saturated heterocycles. The fourth-order valence-corrected chi connectivity index (χ4v) is 4.78. The molecule has 1 aliphatic heterocycles. The smallest absolute Gasteiger partial charge is 0.130 e. The summed E-state index contributed by atoms with van der Waals surface area (Å²) in [5.41, 5.74) is 7.63. The van der Waals surface area contributed by atoms with Crippen LogP contribution in [0.25, 0.3) is 11.1 Å². The van der Waals surface area contributed by atoms with Crippen molar-refractivity contribution in [3.63, 3.8) is 0 Å². The molecule has 0 N–H and O–H groups in total. The molecule has 4 rings (SSSR count). The summed E-state index contributed by atoms with van der Waals surface area (Å²) in [6, 6.07) is 22.2. The molecule has 3 heteroatoms. The van der Waals surface area contributed by atoms with Gasteiger partial charge in [0.2, 0.25) is 0 Å². The third kappa shape index (κ3) is 3.70. The number of hydrogen-bond acceptors (Lipinski definition) is 3. The second-order valence-electron chi connectivity index (χ2n) is 8.30. The quantitative estimate of drug-likeness (QED) is 0.509. The Morgan fingerprint density at radius 1 is 0.900 bits per heavy atom. The number of ether oxygens (including phenoxy) is 2. The van der Waals surface area contributed by atoms with Crippen molar-refractivity contribution >= 4 is 0 Å². The molecule has 1 heterocycles. The van der Waals surface area contributed by atoms with E-state index in [0.717, 1.165) is 24.5 Å². The zero-order valence-corrected chi connectivity index (χ0v) is 18.6. The molecule has 0 saturated carbocycles. The number of aryl methyl sites for hydroxylation is 1. The first-order valence-corrected chi connectivity index (χ1v) is 10.7. The van der Waals surface area contributed by atoms with Gasteiger partial charge in [-0.05, 0) is 43.9 Å². The van der Waals surface area contributed by atoms with Gasteiger partial charge in [-0.3, -0.25) is 4.90 Å². The van der Waals surface area contributed by atoms with Gasteiger partial charge in [-0.25, -0.2) is 0 Å². The van der Waals surface area contributed by atoms with Crippen LogP contribution in [0.2, 0.25) is 0 Å². The lowest BCUT2D eigenvalue weighted by Gasteiger charge is -2.42. The summed E-state index contributed by atoms with van der Waals surface area (Å²) in [5, 5.41) is 0. The van der Waals surface area contributed by atoms with Crippen LogP contribution in [-0.4, -0.2) is 25.2 Å². The molecule has 0 bridgehead atoms. The first-order chi connectivity index (χ1) is 14.5. The third-order valence-electron chi connectivity index (χ3n) is 6.37. The summed E-state index contributed by atoms with van der Waals surface area (Å²) in [4.78, 5) is 2.57. The molecule has 0 spiro atoms. The standard InChI is InChI=1S/C27H31NO2/c1-18-11-13-22(14-12-18)27-23-15-19(2)28(17-21-9-7-6-8-10-21)20(3)26(23)24(29-4)16-25(27)30-5/h6-14,16,19-20H,15,17H2,1-5H3. The lowest BCUT2D eigenvalue weighted by atomic mass is 9.82. The van der Waals surface area contributed by atoms with E-state index in [9.17, 15) is 0 Å². The molecule has 1 aliphatic rings. The first-order valence-electron chi connectivity index (χ1n) is 10.7. The van der Waals surface area contributed by atoms with E-state index in [1.165, 1.54) is 33.4 Å². The maximum atomic E-state index is 5.86. The van der Waals surface area contributed by atoms with Crippen molar-refractivity contribution < 1.29 is 9.47 Å². The number of nitrogens with zero attached hydrogens (tertiary/aromatic N) is 1. The fourth-order valence-electron chi connectivity index (χ4n) is 4.78. The highest BCUT2D eigenvalue weighted by Gasteiger charge is 2.35. The maximum absolute atomic E-state index is 5.86. The molecule has 3 aromatic carbocycles. The van der Waals surface area contributed by atoms with Crippen molar-refractivity contribution in [1.82, 2.24) is 4.90 Å². The predicted molar refractivity (Wildman–Crippen MR) is 123 cm³/mol. The second-order valence-corrected chi connectivity index (χ2v) is 8.30. The van der Waals surface area contributed by atoms with E-state index < -0.39 is 0 Å². The van der Waals surface area contributed by atoms with Crippen LogP contribution in [0, 0.1) is 6.92 Å². The molecule has 0 aliphatic carbocycles. The Kier molecular flexibility index (Phi) is 5.83. The average molecular weight is 402 g/mol. The minimum absolute atomic E-state index is 0.244. The van der Waals surface area contributed by atoms with Gasteiger partial charge in [-0.15, -0.1) is 0 Å². The van der Waals surface area contributed by atoms with E-state index in [1.807, 2.05) is 0 Å². The topological polar surface area (TPSA) is 21.7 Å². The normalized spacial score (nSPS) is 18.7. The zero-order chi connectivity index (χ0) is 21.3. The molecular weight excluding hydrogens is 370 g/mol. The van der Waals surface area contributed by atoms with Crippen LogP contribution in [-0.2, 0) is 13.0 Å². The average Bonchev–Trinajstić information content (AvgIpc) is 2.77. The largest absolute Gasteiger partial charge is 0.496 e. The Hall–Kier alpha value is -2.78. The van der Waals surface area contributed by atoms with E-state index in [1.54, 1.807) is 14.2 Å². The zero-order valence-electron chi connectivity index (χ0n) is 18.6. The van der Waals surface area contributed by atoms with Crippen molar-refractivity contribution in [2.45, 2.75) is 45.8 Å². The van der Waals surface area contributed by atoms with E-state index in [0.29, 0.717) is 6.04 Å². The molecule has 3 aromatic rings. The Morgan fingerprint density at radius 2 is 1.57 bits per heavy atom. The van der Waals surface area contributed by atoms with Crippen molar-refractivity contribution in [2.75, 3.05) is 14.2 Å². The Balaban J connectivity index is 1.85. The summed E-state index contributed by atoms with van der Waals surface area (Å²) >= 11 is 0. The molecule has 30 heavy (non-hydrogen) atoms. The number of fused-ring (bicyclic) bond motifs is 1. The number of methoxy groups -OCH3 is 2. The highest BCUT2D eigenvalue weighted by atomic mass is 16.5. The van der Waals surface area contributed by atoms with Crippen molar-refractivity contribution in [3.05, 3.63) is 82.9 Å². The molecule has 3 nitrogen and oxygen atoms in total. The monoisotopic (exact) mass is 401 g/mol. The van der Waals surface area contributed by atoms with Crippen LogP contribution < -0.4 is 9.47 Å². The van der Waals surface area contributed by atoms with Gasteiger partial charge >= 0.3 is 0 Å². The molecule has 0 amide bonds. The molecule has 2 unspecified atom stereocenters. The number of benzene rings is 3. The molecule has 2 atom stereocenters. The minimum atomic E-state index is 0.244. The first kappa shape index (κ1) is 20.5. The van der Waals surface area contributed by atoms with E-state index in [4.69, 9.17) is 9.47 Å². The van der Waals surface area contributed by atoms with Crippen LogP contribution in [0.5, 0.6) is 11.5 Å². The van der Waals surface area contributed by atoms with Gasteiger partial charge < -0.3 is 9.47 Å². The van der Waals surface area contributed by atoms with Crippen LogP contribution in [0.15, 0.2) is 60.7 Å². The maximum Gasteiger partial charge on any atom is 0.130 e. The molecule has 156 valence electrons. The van der Waals surface area contributed by atoms with Crippen LogP contribution in [0.1, 0.15) is 42.1 Å². The highest BCUT2D eigenvalue weighted by molar-refractivity contribution is 5.78. The second kappa shape index (κ2) is 8.53. The summed E-state index contributed by atoms with van der Waals surface area (Å²) in [7, 11) is 3.50. The highest BCUT2D eigenvalue weighted by Crippen LogP contribution is 2.48. The van der Waals surface area contributed by atoms with Crippen molar-refractivity contribution in [3.8, 4) is 22.6 Å². The van der Waals surface area contributed by atoms with Gasteiger partial charge in [0, 0.05) is 35.8 Å². The van der Waals surface area contributed by atoms with E-state index >= 15 is 0 Å². The Labute approximate surface area is 180 Å². The number of hydrogen-bond donors (Lipinski definition) is 0. The molecule has 0 fully saturated rings. The number of rotatable bonds is 5. The van der Waals surface area contributed by atoms with Crippen LogP contribution >= 0.6 is 0 Å². The lowest BCUT2D eigenvalue weighted by Crippen LogP contribution is -2.41. The van der Waals surface area contributed by atoms with Crippen LogP contribution in [0.3, 0.4) is 0 Å². The van der Waals surface area contributed by atoms with Crippen LogP contribution in [0.4, 0.5) is 0 Å². The third-order valence-corrected chi connectivity index (χ3v) is 6.37. The van der Waals surface area contributed by atoms with Gasteiger partial charge in [0.25, 0.3) is 0 Å². The summed E-state index contributed by atoms with van der Waals surface area (Å²) < 4.78 is 11.7. The predicted octanol–water partition coefficient (Wildman–Crippen LogP) is 6.19. The SMILES string of the molecule is COc1cc(OC)c2c(c1-c1ccc(C)cc1)CC(C)N(Cc1ccccc1)C2C. The summed E-state index contributed by atoms with van der Waals surface area (Å²) in [6.45, 7) is 7.67. The van der Waals surface area contributed by atoms with Crippen molar-refractivity contribution in [2.24, 2.45) is 0 Å². The van der Waals surface area contributed by atoms with Gasteiger partial charge in [-0.2, -0.15) is 0 Å². The molecule has 0 radical (unpaired) electrons. The van der Waals surface area contributed by atoms with Gasteiger partial charge in [0.15, 0.2) is 0 Å². The Morgan fingerprint density at radius 3 is 2.20 bits per heavy atom. The minimum Gasteiger partial charge on any atom is -0.496 e. The molecule has 0 aromatic heterocycles. The van der Waals surface area contributed by atoms with Gasteiger partial charge in [0.1, 0.15) is 11.5 Å². The van der Waals surface area contributed by atoms with E-state index in [2.05, 4.69) is 86.3 Å². The Bertz CT molecular complexity index is 1010. The van der Waals surface area contributed by atoms with Crippen molar-refractivity contribution in [1.29, 1.82) is 0 Å². The molecular formula is C27H31NO2. The van der Waals surface area contributed by atoms with Gasteiger partial charge in [-0.1, -0.05) is 60.2 Å². The summed E-state index contributed by atoms with van der Waals surface area (Å²) in [6.07, 6.45) is 0.962.